The average Bonchev–Trinajstić information content (AvgIpc) is 3.11. The van der Waals surface area contributed by atoms with E-state index in [1.54, 1.807) is 15.6 Å². The van der Waals surface area contributed by atoms with Crippen LogP contribution in [0.2, 0.25) is 0 Å². The van der Waals surface area contributed by atoms with Crippen LogP contribution in [0.5, 0.6) is 5.75 Å². The third kappa shape index (κ3) is 3.83. The smallest absolute Gasteiger partial charge is 0.254 e. The van der Waals surface area contributed by atoms with Crippen molar-refractivity contribution in [1.29, 1.82) is 0 Å². The Morgan fingerprint density at radius 2 is 1.77 bits per heavy atom. The van der Waals surface area contributed by atoms with Gasteiger partial charge in [-0.3, -0.25) is 4.79 Å². The zero-order chi connectivity index (χ0) is 21.3. The quantitative estimate of drug-likeness (QED) is 0.657. The van der Waals surface area contributed by atoms with Crippen molar-refractivity contribution in [3.8, 4) is 11.6 Å². The van der Waals surface area contributed by atoms with Gasteiger partial charge < -0.3 is 14.5 Å². The highest BCUT2D eigenvalue weighted by Gasteiger charge is 2.24. The molecule has 1 aliphatic heterocycles. The molecule has 4 rings (SSSR count). The molecule has 1 aliphatic rings. The summed E-state index contributed by atoms with van der Waals surface area (Å²) in [6, 6.07) is 8.17. The standard InChI is InChI=1S/C21H23FN6O2/c1-14-10-15(2)28(25-14)20-12-19(23-13-24-20)26-6-8-27(9-7-26)21(29)16-4-5-18(30-3)17(22)11-16/h4-5,10-13H,6-9H2,1-3H3. The Bertz CT molecular complexity index is 1080. The molecule has 0 radical (unpaired) electrons. The average molecular weight is 410 g/mol. The van der Waals surface area contributed by atoms with E-state index < -0.39 is 5.82 Å². The Balaban J connectivity index is 1.45. The molecule has 0 saturated carbocycles. The number of piperazine rings is 1. The first-order valence-electron chi connectivity index (χ1n) is 9.69. The molecule has 0 bridgehead atoms. The molecule has 1 fully saturated rings. The number of aromatic nitrogens is 4. The van der Waals surface area contributed by atoms with Crippen LogP contribution >= 0.6 is 0 Å². The van der Waals surface area contributed by atoms with Crippen LogP contribution in [0.1, 0.15) is 21.7 Å². The van der Waals surface area contributed by atoms with Gasteiger partial charge in [-0.2, -0.15) is 5.10 Å². The van der Waals surface area contributed by atoms with Gasteiger partial charge >= 0.3 is 0 Å². The molecule has 30 heavy (non-hydrogen) atoms. The fraction of sp³-hybridized carbons (Fsp3) is 0.333. The number of nitrogens with zero attached hydrogens (tertiary/aromatic N) is 6. The van der Waals surface area contributed by atoms with Gasteiger partial charge in [-0.1, -0.05) is 0 Å². The molecular weight excluding hydrogens is 387 g/mol. The SMILES string of the molecule is COc1ccc(C(=O)N2CCN(c3cc(-n4nc(C)cc4C)ncn3)CC2)cc1F. The number of methoxy groups -OCH3 is 1. The molecule has 2 aromatic heterocycles. The normalized spacial score (nSPS) is 14.1. The Labute approximate surface area is 173 Å². The minimum absolute atomic E-state index is 0.124. The lowest BCUT2D eigenvalue weighted by Crippen LogP contribution is -2.49. The van der Waals surface area contributed by atoms with Crippen LogP contribution in [-0.4, -0.2) is 63.8 Å². The highest BCUT2D eigenvalue weighted by Crippen LogP contribution is 2.21. The van der Waals surface area contributed by atoms with E-state index >= 15 is 0 Å². The number of halogens is 1. The largest absolute Gasteiger partial charge is 0.494 e. The predicted molar refractivity (Wildman–Crippen MR) is 110 cm³/mol. The molecule has 1 aromatic carbocycles. The van der Waals surface area contributed by atoms with Crippen LogP contribution in [-0.2, 0) is 0 Å². The number of amides is 1. The zero-order valence-corrected chi connectivity index (χ0v) is 17.2. The molecule has 0 N–H and O–H groups in total. The third-order valence-corrected chi connectivity index (χ3v) is 5.15. The Hall–Kier alpha value is -3.49. The molecule has 3 heterocycles. The summed E-state index contributed by atoms with van der Waals surface area (Å²) in [5.41, 5.74) is 2.24. The number of aryl methyl sites for hydroxylation is 2. The Morgan fingerprint density at radius 3 is 2.40 bits per heavy atom. The molecular formula is C21H23FN6O2. The second kappa shape index (κ2) is 8.10. The second-order valence-electron chi connectivity index (χ2n) is 7.20. The number of hydrogen-bond acceptors (Lipinski definition) is 6. The Kier molecular flexibility index (Phi) is 5.35. The van der Waals surface area contributed by atoms with Crippen molar-refractivity contribution in [2.75, 3.05) is 38.2 Å². The maximum atomic E-state index is 13.9. The number of hydrogen-bond donors (Lipinski definition) is 0. The third-order valence-electron chi connectivity index (χ3n) is 5.15. The van der Waals surface area contributed by atoms with E-state index in [0.717, 1.165) is 17.2 Å². The molecule has 0 spiro atoms. The van der Waals surface area contributed by atoms with Crippen molar-refractivity contribution >= 4 is 11.7 Å². The number of carbonyl (C=O) groups excluding carboxylic acids is 1. The van der Waals surface area contributed by atoms with Crippen molar-refractivity contribution in [3.63, 3.8) is 0 Å². The van der Waals surface area contributed by atoms with E-state index in [2.05, 4.69) is 20.0 Å². The topological polar surface area (TPSA) is 76.4 Å². The van der Waals surface area contributed by atoms with E-state index in [4.69, 9.17) is 4.74 Å². The van der Waals surface area contributed by atoms with Crippen molar-refractivity contribution in [1.82, 2.24) is 24.6 Å². The molecule has 0 unspecified atom stereocenters. The summed E-state index contributed by atoms with van der Waals surface area (Å²) in [6.45, 7) is 6.21. The number of benzene rings is 1. The molecule has 1 saturated heterocycles. The highest BCUT2D eigenvalue weighted by molar-refractivity contribution is 5.94. The molecule has 0 atom stereocenters. The van der Waals surface area contributed by atoms with Crippen LogP contribution in [0, 0.1) is 19.7 Å². The van der Waals surface area contributed by atoms with Crippen molar-refractivity contribution in [3.05, 3.63) is 59.4 Å². The first-order valence-corrected chi connectivity index (χ1v) is 9.69. The van der Waals surface area contributed by atoms with E-state index in [1.807, 2.05) is 26.0 Å². The second-order valence-corrected chi connectivity index (χ2v) is 7.20. The summed E-state index contributed by atoms with van der Waals surface area (Å²) in [5.74, 6) is 0.883. The molecule has 0 aliphatic carbocycles. The first-order chi connectivity index (χ1) is 14.5. The van der Waals surface area contributed by atoms with Gasteiger partial charge in [0.15, 0.2) is 17.4 Å². The van der Waals surface area contributed by atoms with Gasteiger partial charge in [0.05, 0.1) is 12.8 Å². The van der Waals surface area contributed by atoms with Crippen LogP contribution in [0.25, 0.3) is 5.82 Å². The maximum absolute atomic E-state index is 13.9. The summed E-state index contributed by atoms with van der Waals surface area (Å²) in [6.07, 6.45) is 1.53. The van der Waals surface area contributed by atoms with Gasteiger partial charge in [-0.15, -0.1) is 0 Å². The maximum Gasteiger partial charge on any atom is 0.254 e. The van der Waals surface area contributed by atoms with Gasteiger partial charge in [0.2, 0.25) is 0 Å². The predicted octanol–water partition coefficient (Wildman–Crippen LogP) is 2.39. The van der Waals surface area contributed by atoms with Crippen molar-refractivity contribution in [2.45, 2.75) is 13.8 Å². The van der Waals surface area contributed by atoms with E-state index in [1.165, 1.54) is 25.6 Å². The van der Waals surface area contributed by atoms with Crippen molar-refractivity contribution < 1.29 is 13.9 Å². The molecule has 8 nitrogen and oxygen atoms in total. The van der Waals surface area contributed by atoms with Gasteiger partial charge in [0.1, 0.15) is 12.1 Å². The number of carbonyl (C=O) groups is 1. The summed E-state index contributed by atoms with van der Waals surface area (Å²) in [5, 5.41) is 4.47. The van der Waals surface area contributed by atoms with Gasteiger partial charge in [-0.25, -0.2) is 19.0 Å². The number of ether oxygens (including phenoxy) is 1. The van der Waals surface area contributed by atoms with E-state index in [9.17, 15) is 9.18 Å². The van der Waals surface area contributed by atoms with E-state index in [-0.39, 0.29) is 11.7 Å². The van der Waals surface area contributed by atoms with Crippen LogP contribution in [0.3, 0.4) is 0 Å². The van der Waals surface area contributed by atoms with Crippen molar-refractivity contribution in [2.24, 2.45) is 0 Å². The van der Waals surface area contributed by atoms with Crippen LogP contribution in [0.15, 0.2) is 36.7 Å². The molecule has 9 heteroatoms. The lowest BCUT2D eigenvalue weighted by Gasteiger charge is -2.35. The molecule has 3 aromatic rings. The minimum Gasteiger partial charge on any atom is -0.494 e. The summed E-state index contributed by atoms with van der Waals surface area (Å²) < 4.78 is 20.6. The van der Waals surface area contributed by atoms with Gasteiger partial charge in [0.25, 0.3) is 5.91 Å². The zero-order valence-electron chi connectivity index (χ0n) is 17.2. The highest BCUT2D eigenvalue weighted by atomic mass is 19.1. The van der Waals surface area contributed by atoms with Gasteiger partial charge in [-0.05, 0) is 38.1 Å². The van der Waals surface area contributed by atoms with Crippen LogP contribution < -0.4 is 9.64 Å². The van der Waals surface area contributed by atoms with Crippen LogP contribution in [0.4, 0.5) is 10.2 Å². The monoisotopic (exact) mass is 410 g/mol. The number of anilines is 1. The lowest BCUT2D eigenvalue weighted by molar-refractivity contribution is 0.0746. The van der Waals surface area contributed by atoms with E-state index in [0.29, 0.717) is 37.6 Å². The lowest BCUT2D eigenvalue weighted by atomic mass is 10.1. The molecule has 1 amide bonds. The Morgan fingerprint density at radius 1 is 1.03 bits per heavy atom. The molecule has 156 valence electrons. The fourth-order valence-electron chi connectivity index (χ4n) is 3.61. The van der Waals surface area contributed by atoms with Gasteiger partial charge in [0, 0.05) is 43.5 Å². The minimum atomic E-state index is -0.542. The summed E-state index contributed by atoms with van der Waals surface area (Å²) >= 11 is 0. The first kappa shape index (κ1) is 19.8. The summed E-state index contributed by atoms with van der Waals surface area (Å²) in [4.78, 5) is 25.3. The fourth-order valence-corrected chi connectivity index (χ4v) is 3.61. The summed E-state index contributed by atoms with van der Waals surface area (Å²) in [7, 11) is 1.40. The number of rotatable bonds is 4.